The molecule has 3 rings (SSSR count). The predicted octanol–water partition coefficient (Wildman–Crippen LogP) is 3.98. The van der Waals surface area contributed by atoms with Crippen LogP contribution >= 0.6 is 0 Å². The highest BCUT2D eigenvalue weighted by molar-refractivity contribution is 5.40. The second-order valence-electron chi connectivity index (χ2n) is 5.66. The Bertz CT molecular complexity index is 752. The number of nitrogens with one attached hydrogen (secondary N) is 1. The van der Waals surface area contributed by atoms with Crippen molar-refractivity contribution in [2.24, 2.45) is 0 Å². The highest BCUT2D eigenvalue weighted by Crippen LogP contribution is 2.26. The van der Waals surface area contributed by atoms with E-state index < -0.39 is 0 Å². The molecule has 0 fully saturated rings. The Labute approximate surface area is 148 Å². The van der Waals surface area contributed by atoms with Gasteiger partial charge in [0.05, 0.1) is 26.0 Å². The standard InChI is InChI=1S/C21H22N2O2/c1-24-18-11-12-20(25-2)17(14-18)15-23-21(16-8-4-3-5-9-16)19-10-6-7-13-22-19/h3-14,21,23H,15H2,1-2H3/t21-/m1/s1. The zero-order valence-electron chi connectivity index (χ0n) is 14.5. The molecule has 0 bridgehead atoms. The molecule has 0 spiro atoms. The van der Waals surface area contributed by atoms with Gasteiger partial charge in [-0.15, -0.1) is 0 Å². The van der Waals surface area contributed by atoms with E-state index in [-0.39, 0.29) is 6.04 Å². The lowest BCUT2D eigenvalue weighted by Gasteiger charge is -2.20. The molecule has 0 saturated carbocycles. The van der Waals surface area contributed by atoms with Crippen molar-refractivity contribution in [3.8, 4) is 11.5 Å². The third kappa shape index (κ3) is 4.17. The summed E-state index contributed by atoms with van der Waals surface area (Å²) in [6.45, 7) is 0.635. The fraction of sp³-hybridized carbons (Fsp3) is 0.190. The van der Waals surface area contributed by atoms with Gasteiger partial charge in [0, 0.05) is 18.3 Å². The molecule has 0 aliphatic heterocycles. The summed E-state index contributed by atoms with van der Waals surface area (Å²) in [7, 11) is 3.35. The molecule has 1 aromatic heterocycles. The van der Waals surface area contributed by atoms with Crippen LogP contribution in [0.1, 0.15) is 22.9 Å². The van der Waals surface area contributed by atoms with Crippen molar-refractivity contribution in [1.29, 1.82) is 0 Å². The van der Waals surface area contributed by atoms with Gasteiger partial charge in [0.1, 0.15) is 11.5 Å². The maximum atomic E-state index is 5.48. The second-order valence-corrected chi connectivity index (χ2v) is 5.66. The SMILES string of the molecule is COc1ccc(OC)c(CN[C@H](c2ccccc2)c2ccccn2)c1. The first-order valence-corrected chi connectivity index (χ1v) is 8.22. The monoisotopic (exact) mass is 334 g/mol. The zero-order valence-corrected chi connectivity index (χ0v) is 14.5. The quantitative estimate of drug-likeness (QED) is 0.710. The first-order chi connectivity index (χ1) is 12.3. The van der Waals surface area contributed by atoms with Crippen LogP contribution in [-0.2, 0) is 6.54 Å². The molecule has 1 atom stereocenters. The van der Waals surface area contributed by atoms with Gasteiger partial charge < -0.3 is 14.8 Å². The van der Waals surface area contributed by atoms with Crippen LogP contribution in [0.25, 0.3) is 0 Å². The van der Waals surface area contributed by atoms with Gasteiger partial charge in [0.2, 0.25) is 0 Å². The molecule has 0 unspecified atom stereocenters. The van der Waals surface area contributed by atoms with E-state index in [1.54, 1.807) is 14.2 Å². The Balaban J connectivity index is 1.87. The summed E-state index contributed by atoms with van der Waals surface area (Å²) in [4.78, 5) is 4.53. The topological polar surface area (TPSA) is 43.4 Å². The third-order valence-electron chi connectivity index (χ3n) is 4.10. The summed E-state index contributed by atoms with van der Waals surface area (Å²) in [6.07, 6.45) is 1.82. The van der Waals surface area contributed by atoms with Crippen LogP contribution in [0, 0.1) is 0 Å². The van der Waals surface area contributed by atoms with E-state index in [9.17, 15) is 0 Å². The van der Waals surface area contributed by atoms with E-state index in [4.69, 9.17) is 9.47 Å². The molecule has 1 heterocycles. The molecule has 0 aliphatic carbocycles. The smallest absolute Gasteiger partial charge is 0.123 e. The number of pyridine rings is 1. The van der Waals surface area contributed by atoms with E-state index in [0.29, 0.717) is 6.54 Å². The number of hydrogen-bond donors (Lipinski definition) is 1. The Hall–Kier alpha value is -2.85. The van der Waals surface area contributed by atoms with Crippen molar-refractivity contribution in [2.75, 3.05) is 14.2 Å². The van der Waals surface area contributed by atoms with Gasteiger partial charge in [-0.1, -0.05) is 36.4 Å². The Morgan fingerprint density at radius 2 is 1.72 bits per heavy atom. The molecule has 3 aromatic rings. The van der Waals surface area contributed by atoms with E-state index in [1.165, 1.54) is 5.56 Å². The first-order valence-electron chi connectivity index (χ1n) is 8.22. The minimum Gasteiger partial charge on any atom is -0.497 e. The van der Waals surface area contributed by atoms with Crippen LogP contribution in [0.4, 0.5) is 0 Å². The highest BCUT2D eigenvalue weighted by atomic mass is 16.5. The molecule has 128 valence electrons. The summed E-state index contributed by atoms with van der Waals surface area (Å²) < 4.78 is 10.8. The van der Waals surface area contributed by atoms with E-state index >= 15 is 0 Å². The minimum atomic E-state index is -0.00157. The van der Waals surface area contributed by atoms with Gasteiger partial charge in [-0.05, 0) is 35.9 Å². The molecule has 0 saturated heterocycles. The normalized spacial score (nSPS) is 11.8. The van der Waals surface area contributed by atoms with Gasteiger partial charge in [-0.2, -0.15) is 0 Å². The Morgan fingerprint density at radius 1 is 0.920 bits per heavy atom. The average molecular weight is 334 g/mol. The molecular weight excluding hydrogens is 312 g/mol. The lowest BCUT2D eigenvalue weighted by Crippen LogP contribution is -2.23. The van der Waals surface area contributed by atoms with Crippen LogP contribution in [-0.4, -0.2) is 19.2 Å². The molecular formula is C21H22N2O2. The third-order valence-corrected chi connectivity index (χ3v) is 4.10. The number of nitrogens with zero attached hydrogens (tertiary/aromatic N) is 1. The van der Waals surface area contributed by atoms with Crippen molar-refractivity contribution in [1.82, 2.24) is 10.3 Å². The average Bonchev–Trinajstić information content (AvgIpc) is 2.69. The lowest BCUT2D eigenvalue weighted by atomic mass is 10.0. The van der Waals surface area contributed by atoms with Crippen LogP contribution in [0.5, 0.6) is 11.5 Å². The number of hydrogen-bond acceptors (Lipinski definition) is 4. The fourth-order valence-electron chi connectivity index (χ4n) is 2.82. The van der Waals surface area contributed by atoms with E-state index in [1.807, 2.05) is 60.8 Å². The summed E-state index contributed by atoms with van der Waals surface area (Å²) in [5.41, 5.74) is 3.19. The molecule has 4 nitrogen and oxygen atoms in total. The molecule has 2 aromatic carbocycles. The molecule has 0 amide bonds. The molecule has 1 N–H and O–H groups in total. The Kier molecular flexibility index (Phi) is 5.65. The number of ether oxygens (including phenoxy) is 2. The van der Waals surface area contributed by atoms with Crippen molar-refractivity contribution < 1.29 is 9.47 Å². The number of aromatic nitrogens is 1. The van der Waals surface area contributed by atoms with Crippen LogP contribution < -0.4 is 14.8 Å². The van der Waals surface area contributed by atoms with Crippen LogP contribution in [0.3, 0.4) is 0 Å². The first kappa shape index (κ1) is 17.0. The maximum Gasteiger partial charge on any atom is 0.123 e. The summed E-state index contributed by atoms with van der Waals surface area (Å²) in [5.74, 6) is 1.65. The van der Waals surface area contributed by atoms with E-state index in [2.05, 4.69) is 22.4 Å². The number of rotatable bonds is 7. The summed E-state index contributed by atoms with van der Waals surface area (Å²) in [6, 6.07) is 22.1. The van der Waals surface area contributed by atoms with Gasteiger partial charge in [0.15, 0.2) is 0 Å². The van der Waals surface area contributed by atoms with Crippen LogP contribution in [0.15, 0.2) is 72.9 Å². The molecule has 25 heavy (non-hydrogen) atoms. The Morgan fingerprint density at radius 3 is 2.40 bits per heavy atom. The fourth-order valence-corrected chi connectivity index (χ4v) is 2.82. The van der Waals surface area contributed by atoms with Gasteiger partial charge >= 0.3 is 0 Å². The molecule has 0 radical (unpaired) electrons. The maximum absolute atomic E-state index is 5.48. The minimum absolute atomic E-state index is 0.00157. The van der Waals surface area contributed by atoms with Gasteiger partial charge in [-0.25, -0.2) is 0 Å². The van der Waals surface area contributed by atoms with Gasteiger partial charge in [-0.3, -0.25) is 4.98 Å². The van der Waals surface area contributed by atoms with Crippen molar-refractivity contribution in [2.45, 2.75) is 12.6 Å². The van der Waals surface area contributed by atoms with Gasteiger partial charge in [0.25, 0.3) is 0 Å². The summed E-state index contributed by atoms with van der Waals surface area (Å²) in [5, 5.41) is 3.60. The highest BCUT2D eigenvalue weighted by Gasteiger charge is 2.15. The molecule has 4 heteroatoms. The van der Waals surface area contributed by atoms with Crippen molar-refractivity contribution >= 4 is 0 Å². The molecule has 0 aliphatic rings. The predicted molar refractivity (Wildman–Crippen MR) is 98.9 cm³/mol. The van der Waals surface area contributed by atoms with E-state index in [0.717, 1.165) is 22.8 Å². The number of benzene rings is 2. The second kappa shape index (κ2) is 8.31. The van der Waals surface area contributed by atoms with Crippen molar-refractivity contribution in [3.63, 3.8) is 0 Å². The largest absolute Gasteiger partial charge is 0.497 e. The van der Waals surface area contributed by atoms with Crippen molar-refractivity contribution in [3.05, 3.63) is 89.7 Å². The summed E-state index contributed by atoms with van der Waals surface area (Å²) >= 11 is 0. The lowest BCUT2D eigenvalue weighted by molar-refractivity contribution is 0.396. The zero-order chi connectivity index (χ0) is 17.5. The van der Waals surface area contributed by atoms with Crippen LogP contribution in [0.2, 0.25) is 0 Å². The number of methoxy groups -OCH3 is 2.